The Morgan fingerprint density at radius 2 is 1.67 bits per heavy atom. The molecule has 0 fully saturated rings. The van der Waals surface area contributed by atoms with Gasteiger partial charge in [0.05, 0.1) is 16.0 Å². The standard InChI is InChI=1S/C4H8O2/c5-3-1-2-4-6/h1-2,5-6H,3-4H2/b2-1-/i1D,2D. The Hall–Kier alpha value is -0.340. The van der Waals surface area contributed by atoms with Crippen LogP contribution in [-0.4, -0.2) is 23.4 Å². The lowest BCUT2D eigenvalue weighted by Gasteiger charge is -1.73. The molecule has 2 nitrogen and oxygen atoms in total. The minimum Gasteiger partial charge on any atom is -0.392 e. The van der Waals surface area contributed by atoms with Crippen LogP contribution in [0, 0.1) is 0 Å². The van der Waals surface area contributed by atoms with Gasteiger partial charge in [-0.1, -0.05) is 12.1 Å². The molecule has 2 heteroatoms. The molecule has 0 aromatic rings. The van der Waals surface area contributed by atoms with Crippen LogP contribution in [0.2, 0.25) is 0 Å². The second kappa shape index (κ2) is 4.66. The fourth-order valence-corrected chi connectivity index (χ4v) is 0.112. The highest BCUT2D eigenvalue weighted by atomic mass is 16.3. The van der Waals surface area contributed by atoms with Gasteiger partial charge in [0.15, 0.2) is 0 Å². The van der Waals surface area contributed by atoms with Crippen LogP contribution in [0.25, 0.3) is 0 Å². The minimum atomic E-state index is -0.473. The highest BCUT2D eigenvalue weighted by molar-refractivity contribution is 4.78. The largest absolute Gasteiger partial charge is 0.392 e. The zero-order chi connectivity index (χ0) is 6.57. The molecule has 0 aliphatic carbocycles. The van der Waals surface area contributed by atoms with Gasteiger partial charge in [-0.3, -0.25) is 0 Å². The van der Waals surface area contributed by atoms with Gasteiger partial charge < -0.3 is 10.2 Å². The van der Waals surface area contributed by atoms with Gasteiger partial charge in [0.2, 0.25) is 0 Å². The predicted molar refractivity (Wildman–Crippen MR) is 23.3 cm³/mol. The molecule has 0 aliphatic rings. The summed E-state index contributed by atoms with van der Waals surface area (Å²) in [5.74, 6) is 0. The molecule has 0 saturated heterocycles. The number of aliphatic hydroxyl groups excluding tert-OH is 2. The van der Waals surface area contributed by atoms with E-state index < -0.39 is 13.2 Å². The van der Waals surface area contributed by atoms with Crippen molar-refractivity contribution in [1.82, 2.24) is 0 Å². The van der Waals surface area contributed by atoms with Gasteiger partial charge in [-0.05, 0) is 0 Å². The molecule has 0 saturated carbocycles. The SMILES string of the molecule is [2H]/C(CO)=C(\[2H])CO. The van der Waals surface area contributed by atoms with Crippen molar-refractivity contribution >= 4 is 0 Å². The molecular formula is C4H8O2. The Morgan fingerprint density at radius 3 is 1.83 bits per heavy atom. The molecule has 0 unspecified atom stereocenters. The summed E-state index contributed by atoms with van der Waals surface area (Å²) in [6, 6.07) is -0.458. The molecule has 0 rings (SSSR count). The quantitative estimate of drug-likeness (QED) is 0.450. The monoisotopic (exact) mass is 90.1 g/mol. The van der Waals surface area contributed by atoms with E-state index in [9.17, 15) is 0 Å². The fourth-order valence-electron chi connectivity index (χ4n) is 0.112. The van der Waals surface area contributed by atoms with Crippen molar-refractivity contribution in [3.05, 3.63) is 12.1 Å². The molecular weight excluding hydrogens is 80.0 g/mol. The summed E-state index contributed by atoms with van der Waals surface area (Å²) < 4.78 is 13.4. The Labute approximate surface area is 39.5 Å². The van der Waals surface area contributed by atoms with Crippen LogP contribution in [0.3, 0.4) is 0 Å². The van der Waals surface area contributed by atoms with Crippen LogP contribution in [0.1, 0.15) is 2.74 Å². The van der Waals surface area contributed by atoms with E-state index in [0.717, 1.165) is 0 Å². The lowest BCUT2D eigenvalue weighted by molar-refractivity contribution is 0.329. The van der Waals surface area contributed by atoms with E-state index in [0.29, 0.717) is 0 Å². The van der Waals surface area contributed by atoms with Gasteiger partial charge in [-0.2, -0.15) is 0 Å². The molecule has 0 atom stereocenters. The maximum atomic E-state index is 8.16. The van der Waals surface area contributed by atoms with Crippen LogP contribution >= 0.6 is 0 Å². The molecule has 36 valence electrons. The van der Waals surface area contributed by atoms with Gasteiger partial charge in [0.25, 0.3) is 0 Å². The third kappa shape index (κ3) is 3.66. The van der Waals surface area contributed by atoms with Gasteiger partial charge in [-0.15, -0.1) is 0 Å². The summed E-state index contributed by atoms with van der Waals surface area (Å²) in [6.07, 6.45) is 0. The number of aliphatic hydroxyl groups is 2. The van der Waals surface area contributed by atoms with Crippen molar-refractivity contribution in [3.8, 4) is 0 Å². The first-order valence-corrected chi connectivity index (χ1v) is 1.59. The Bertz CT molecular complexity index is 88.2. The van der Waals surface area contributed by atoms with Crippen molar-refractivity contribution in [1.29, 1.82) is 0 Å². The van der Waals surface area contributed by atoms with E-state index in [-0.39, 0.29) is 12.1 Å². The first-order chi connectivity index (χ1) is 3.72. The van der Waals surface area contributed by atoms with Crippen molar-refractivity contribution in [2.45, 2.75) is 0 Å². The van der Waals surface area contributed by atoms with Gasteiger partial charge >= 0.3 is 0 Å². The topological polar surface area (TPSA) is 40.5 Å². The van der Waals surface area contributed by atoms with Gasteiger partial charge in [-0.25, -0.2) is 0 Å². The average Bonchev–Trinajstić information content (AvgIpc) is 1.84. The molecule has 0 bridgehead atoms. The first kappa shape index (κ1) is 2.77. The maximum absolute atomic E-state index is 8.16. The zero-order valence-electron chi connectivity index (χ0n) is 5.31. The predicted octanol–water partition coefficient (Wildman–Crippen LogP) is -0.473. The number of hydrogen-bond donors (Lipinski definition) is 2. The van der Waals surface area contributed by atoms with E-state index in [1.807, 2.05) is 0 Å². The molecule has 0 amide bonds. The molecule has 0 radical (unpaired) electrons. The van der Waals surface area contributed by atoms with E-state index in [2.05, 4.69) is 0 Å². The molecule has 0 spiro atoms. The zero-order valence-corrected chi connectivity index (χ0v) is 3.31. The summed E-state index contributed by atoms with van der Waals surface area (Å²) in [5, 5.41) is 16.3. The normalized spacial score (nSPS) is 18.3. The highest BCUT2D eigenvalue weighted by Crippen LogP contribution is 1.63. The third-order valence-electron chi connectivity index (χ3n) is 0.283. The van der Waals surface area contributed by atoms with E-state index in [1.165, 1.54) is 0 Å². The molecule has 0 aromatic carbocycles. The molecule has 0 aliphatic heterocycles. The third-order valence-corrected chi connectivity index (χ3v) is 0.283. The molecule has 2 N–H and O–H groups in total. The van der Waals surface area contributed by atoms with Gasteiger partial charge in [0.1, 0.15) is 0 Å². The van der Waals surface area contributed by atoms with Crippen LogP contribution in [0.15, 0.2) is 12.1 Å². The smallest absolute Gasteiger partial charge is 0.0613 e. The van der Waals surface area contributed by atoms with Crippen LogP contribution in [-0.2, 0) is 0 Å². The number of hydrogen-bond acceptors (Lipinski definition) is 2. The summed E-state index contributed by atoms with van der Waals surface area (Å²) >= 11 is 0. The fraction of sp³-hybridized carbons (Fsp3) is 0.500. The molecule has 0 aromatic heterocycles. The van der Waals surface area contributed by atoms with Crippen molar-refractivity contribution in [2.75, 3.05) is 13.2 Å². The summed E-state index contributed by atoms with van der Waals surface area (Å²) in [6.45, 7) is -0.946. The van der Waals surface area contributed by atoms with E-state index >= 15 is 0 Å². The van der Waals surface area contributed by atoms with Crippen LogP contribution < -0.4 is 0 Å². The van der Waals surface area contributed by atoms with Crippen LogP contribution in [0.5, 0.6) is 0 Å². The Kier molecular flexibility index (Phi) is 2.15. The van der Waals surface area contributed by atoms with Gasteiger partial charge in [0, 0.05) is 0 Å². The van der Waals surface area contributed by atoms with Crippen molar-refractivity contribution < 1.29 is 13.0 Å². The van der Waals surface area contributed by atoms with Crippen molar-refractivity contribution in [3.63, 3.8) is 0 Å². The molecule has 0 heterocycles. The summed E-state index contributed by atoms with van der Waals surface area (Å²) in [7, 11) is 0. The Morgan fingerprint density at radius 1 is 1.33 bits per heavy atom. The lowest BCUT2D eigenvalue weighted by atomic mass is 10.5. The maximum Gasteiger partial charge on any atom is 0.0613 e. The summed E-state index contributed by atoms with van der Waals surface area (Å²) in [5.41, 5.74) is 0. The second-order valence-corrected chi connectivity index (χ2v) is 0.670. The first-order valence-electron chi connectivity index (χ1n) is 2.59. The number of rotatable bonds is 2. The highest BCUT2D eigenvalue weighted by Gasteiger charge is 1.61. The van der Waals surface area contributed by atoms with E-state index in [4.69, 9.17) is 13.0 Å². The van der Waals surface area contributed by atoms with E-state index in [1.54, 1.807) is 0 Å². The summed E-state index contributed by atoms with van der Waals surface area (Å²) in [4.78, 5) is 0. The minimum absolute atomic E-state index is 0.229. The van der Waals surface area contributed by atoms with Crippen LogP contribution in [0.4, 0.5) is 0 Å². The second-order valence-electron chi connectivity index (χ2n) is 0.670. The molecule has 6 heavy (non-hydrogen) atoms. The van der Waals surface area contributed by atoms with Crippen molar-refractivity contribution in [2.24, 2.45) is 0 Å². The average molecular weight is 90.1 g/mol. The Balaban J connectivity index is 3.83. The lowest BCUT2D eigenvalue weighted by Crippen LogP contribution is -1.74.